The number of halogens is 2. The van der Waals surface area contributed by atoms with Crippen molar-refractivity contribution < 1.29 is 23.0 Å². The molecule has 0 spiro atoms. The topological polar surface area (TPSA) is 47.6 Å². The van der Waals surface area contributed by atoms with Gasteiger partial charge in [-0.05, 0) is 13.8 Å². The summed E-state index contributed by atoms with van der Waals surface area (Å²) in [5, 5.41) is 2.98. The quantitative estimate of drug-likeness (QED) is 0.699. The maximum atomic E-state index is 12.8. The number of ether oxygens (including phenoxy) is 2. The number of cyclic esters (lactones) is 1. The van der Waals surface area contributed by atoms with Gasteiger partial charge in [-0.15, -0.1) is 0 Å². The van der Waals surface area contributed by atoms with Gasteiger partial charge in [0.05, 0.1) is 13.0 Å². The van der Waals surface area contributed by atoms with Crippen LogP contribution in [0, 0.1) is 0 Å². The predicted octanol–water partition coefficient (Wildman–Crippen LogP) is 0.952. The van der Waals surface area contributed by atoms with Gasteiger partial charge >= 0.3 is 11.9 Å². The Morgan fingerprint density at radius 1 is 1.69 bits per heavy atom. The van der Waals surface area contributed by atoms with Gasteiger partial charge in [0.2, 0.25) is 0 Å². The van der Waals surface area contributed by atoms with Gasteiger partial charge in [0.1, 0.15) is 6.10 Å². The Morgan fingerprint density at radius 3 is 2.88 bits per heavy atom. The van der Waals surface area contributed by atoms with E-state index in [4.69, 9.17) is 4.74 Å². The number of carbonyl (C=O) groups excluding carboxylic acids is 1. The van der Waals surface area contributed by atoms with Crippen molar-refractivity contribution in [2.75, 3.05) is 19.8 Å². The summed E-state index contributed by atoms with van der Waals surface area (Å²) in [6, 6.07) is 0.0490. The first kappa shape index (κ1) is 13.3. The van der Waals surface area contributed by atoms with Crippen molar-refractivity contribution in [3.63, 3.8) is 0 Å². The fraction of sp³-hybridized carbons (Fsp3) is 0.900. The molecular formula is C10H17F2NO3. The highest BCUT2D eigenvalue weighted by molar-refractivity contribution is 5.79. The van der Waals surface area contributed by atoms with Crippen LogP contribution in [-0.4, -0.2) is 43.8 Å². The molecule has 1 saturated heterocycles. The average Bonchev–Trinajstić information content (AvgIpc) is 2.47. The number of esters is 1. The lowest BCUT2D eigenvalue weighted by molar-refractivity contribution is -0.159. The van der Waals surface area contributed by atoms with Crippen LogP contribution in [0.3, 0.4) is 0 Å². The average molecular weight is 237 g/mol. The molecule has 1 aliphatic rings. The van der Waals surface area contributed by atoms with E-state index in [0.29, 0.717) is 13.2 Å². The maximum absolute atomic E-state index is 12.8. The number of hydrogen-bond donors (Lipinski definition) is 1. The molecule has 1 rings (SSSR count). The van der Waals surface area contributed by atoms with E-state index in [2.05, 4.69) is 10.1 Å². The Bertz CT molecular complexity index is 248. The summed E-state index contributed by atoms with van der Waals surface area (Å²) in [6.07, 6.45) is -1.29. The number of hydrogen-bond acceptors (Lipinski definition) is 4. The van der Waals surface area contributed by atoms with E-state index in [9.17, 15) is 13.6 Å². The molecule has 0 aromatic rings. The molecule has 1 heterocycles. The summed E-state index contributed by atoms with van der Waals surface area (Å²) < 4.78 is 35.3. The first-order chi connectivity index (χ1) is 7.45. The van der Waals surface area contributed by atoms with Crippen LogP contribution in [0.15, 0.2) is 0 Å². The first-order valence-electron chi connectivity index (χ1n) is 5.35. The van der Waals surface area contributed by atoms with Gasteiger partial charge in [0.15, 0.2) is 0 Å². The maximum Gasteiger partial charge on any atom is 0.377 e. The lowest BCUT2D eigenvalue weighted by Gasteiger charge is -2.16. The molecule has 4 nitrogen and oxygen atoms in total. The van der Waals surface area contributed by atoms with Crippen molar-refractivity contribution >= 4 is 5.97 Å². The van der Waals surface area contributed by atoms with Crippen LogP contribution in [0.5, 0.6) is 0 Å². The van der Waals surface area contributed by atoms with Gasteiger partial charge in [-0.3, -0.25) is 0 Å². The molecular weight excluding hydrogens is 220 g/mol. The van der Waals surface area contributed by atoms with Crippen molar-refractivity contribution in [2.24, 2.45) is 0 Å². The van der Waals surface area contributed by atoms with Crippen molar-refractivity contribution in [3.05, 3.63) is 0 Å². The molecule has 1 fully saturated rings. The molecule has 0 radical (unpaired) electrons. The second-order valence-electron chi connectivity index (χ2n) is 3.90. The van der Waals surface area contributed by atoms with E-state index in [0.717, 1.165) is 0 Å². The Balaban J connectivity index is 2.22. The monoisotopic (exact) mass is 237 g/mol. The summed E-state index contributed by atoms with van der Waals surface area (Å²) in [6.45, 7) is 5.11. The molecule has 0 aromatic heterocycles. The largest absolute Gasteiger partial charge is 0.456 e. The van der Waals surface area contributed by atoms with E-state index in [-0.39, 0.29) is 12.6 Å². The van der Waals surface area contributed by atoms with Crippen LogP contribution >= 0.6 is 0 Å². The van der Waals surface area contributed by atoms with Crippen LogP contribution in [0.4, 0.5) is 8.78 Å². The minimum atomic E-state index is -3.32. The Hall–Kier alpha value is -0.750. The third kappa shape index (κ3) is 3.68. The highest BCUT2D eigenvalue weighted by Gasteiger charge is 2.50. The molecule has 0 aliphatic carbocycles. The normalized spacial score (nSPS) is 25.5. The van der Waals surface area contributed by atoms with E-state index in [1.165, 1.54) is 0 Å². The zero-order valence-electron chi connectivity index (χ0n) is 9.46. The van der Waals surface area contributed by atoms with E-state index >= 15 is 0 Å². The first-order valence-corrected chi connectivity index (χ1v) is 5.35. The fourth-order valence-electron chi connectivity index (χ4n) is 1.45. The van der Waals surface area contributed by atoms with Crippen LogP contribution in [0.1, 0.15) is 20.3 Å². The molecule has 1 N–H and O–H groups in total. The number of nitrogens with one attached hydrogen (secondary N) is 1. The molecule has 0 bridgehead atoms. The zero-order valence-corrected chi connectivity index (χ0v) is 9.46. The van der Waals surface area contributed by atoms with Crippen molar-refractivity contribution in [2.45, 2.75) is 38.3 Å². The van der Waals surface area contributed by atoms with Gasteiger partial charge in [-0.25, -0.2) is 4.79 Å². The van der Waals surface area contributed by atoms with Gasteiger partial charge in [0.25, 0.3) is 0 Å². The molecule has 2 atom stereocenters. The van der Waals surface area contributed by atoms with Crippen LogP contribution in [0.25, 0.3) is 0 Å². The lowest BCUT2D eigenvalue weighted by Crippen LogP contribution is -2.36. The molecule has 0 saturated carbocycles. The number of carbonyl (C=O) groups is 1. The van der Waals surface area contributed by atoms with Crippen LogP contribution in [-0.2, 0) is 14.3 Å². The van der Waals surface area contributed by atoms with Gasteiger partial charge in [-0.1, -0.05) is 0 Å². The Morgan fingerprint density at radius 2 is 2.38 bits per heavy atom. The molecule has 1 aliphatic heterocycles. The summed E-state index contributed by atoms with van der Waals surface area (Å²) in [5.74, 6) is -4.74. The van der Waals surface area contributed by atoms with Crippen molar-refractivity contribution in [3.8, 4) is 0 Å². The highest BCUT2D eigenvalue weighted by atomic mass is 19.3. The standard InChI is InChI=1S/C10H17F2NO3/c1-3-15-6-7(2)13-5-8-4-10(11,12)9(14)16-8/h7-8,13H,3-6H2,1-2H3. The molecule has 94 valence electrons. The zero-order chi connectivity index (χ0) is 12.2. The van der Waals surface area contributed by atoms with E-state index < -0.39 is 24.4 Å². The third-order valence-electron chi connectivity index (χ3n) is 2.32. The number of rotatable bonds is 6. The van der Waals surface area contributed by atoms with Gasteiger partial charge < -0.3 is 14.8 Å². The third-order valence-corrected chi connectivity index (χ3v) is 2.32. The molecule has 6 heteroatoms. The second-order valence-corrected chi connectivity index (χ2v) is 3.90. The van der Waals surface area contributed by atoms with E-state index in [1.54, 1.807) is 0 Å². The van der Waals surface area contributed by atoms with Gasteiger partial charge in [-0.2, -0.15) is 8.78 Å². The second kappa shape index (κ2) is 5.54. The van der Waals surface area contributed by atoms with Crippen molar-refractivity contribution in [1.82, 2.24) is 5.32 Å². The van der Waals surface area contributed by atoms with Gasteiger partial charge in [0, 0.05) is 19.2 Å². The number of alkyl halides is 2. The fourth-order valence-corrected chi connectivity index (χ4v) is 1.45. The lowest BCUT2D eigenvalue weighted by atomic mass is 10.2. The summed E-state index contributed by atoms with van der Waals surface area (Å²) in [7, 11) is 0. The van der Waals surface area contributed by atoms with E-state index in [1.807, 2.05) is 13.8 Å². The highest BCUT2D eigenvalue weighted by Crippen LogP contribution is 2.30. The smallest absolute Gasteiger partial charge is 0.377 e. The summed E-state index contributed by atoms with van der Waals surface area (Å²) in [5.41, 5.74) is 0. The Kier molecular flexibility index (Phi) is 4.61. The summed E-state index contributed by atoms with van der Waals surface area (Å²) >= 11 is 0. The molecule has 16 heavy (non-hydrogen) atoms. The Labute approximate surface area is 93.3 Å². The molecule has 0 amide bonds. The predicted molar refractivity (Wildman–Crippen MR) is 53.4 cm³/mol. The van der Waals surface area contributed by atoms with Crippen LogP contribution in [0.2, 0.25) is 0 Å². The van der Waals surface area contributed by atoms with Crippen LogP contribution < -0.4 is 5.32 Å². The SMILES string of the molecule is CCOCC(C)NCC1CC(F)(F)C(=O)O1. The molecule has 0 aromatic carbocycles. The minimum absolute atomic E-state index is 0.0490. The summed E-state index contributed by atoms with van der Waals surface area (Å²) in [4.78, 5) is 10.7. The van der Waals surface area contributed by atoms with Crippen molar-refractivity contribution in [1.29, 1.82) is 0 Å². The minimum Gasteiger partial charge on any atom is -0.456 e. The molecule has 2 unspecified atom stereocenters.